The average molecular weight is 325 g/mol. The van der Waals surface area contributed by atoms with Crippen LogP contribution in [0.25, 0.3) is 0 Å². The lowest BCUT2D eigenvalue weighted by atomic mass is 10.1. The molecule has 1 aromatic carbocycles. The third-order valence-electron chi connectivity index (χ3n) is 2.46. The molecule has 0 fully saturated rings. The predicted octanol–water partition coefficient (Wildman–Crippen LogP) is 3.67. The fraction of sp³-hybridized carbons (Fsp3) is 0.214. The molecule has 1 heterocycles. The van der Waals surface area contributed by atoms with Crippen LogP contribution >= 0.6 is 15.9 Å². The largest absolute Gasteiger partial charge is 0.438 e. The van der Waals surface area contributed by atoms with Crippen molar-refractivity contribution in [3.63, 3.8) is 0 Å². The summed E-state index contributed by atoms with van der Waals surface area (Å²) >= 11 is 3.30. The molecule has 0 aliphatic heterocycles. The fourth-order valence-electron chi connectivity index (χ4n) is 1.63. The molecule has 1 atom stereocenters. The lowest BCUT2D eigenvalue weighted by Crippen LogP contribution is -2.17. The van der Waals surface area contributed by atoms with Crippen LogP contribution in [0, 0.1) is 5.82 Å². The molecule has 0 aliphatic rings. The van der Waals surface area contributed by atoms with Crippen molar-refractivity contribution in [3.05, 3.63) is 52.4 Å². The zero-order valence-electron chi connectivity index (χ0n) is 10.4. The first-order chi connectivity index (χ1) is 9.04. The molecule has 3 nitrogen and oxygen atoms in total. The first-order valence-electron chi connectivity index (χ1n) is 5.88. The molecular weight excluding hydrogens is 311 g/mol. The summed E-state index contributed by atoms with van der Waals surface area (Å²) in [4.78, 5) is 4.18. The van der Waals surface area contributed by atoms with E-state index >= 15 is 0 Å². The molecule has 100 valence electrons. The van der Waals surface area contributed by atoms with Gasteiger partial charge in [0.05, 0.1) is 4.47 Å². The van der Waals surface area contributed by atoms with E-state index < -0.39 is 0 Å². The molecule has 1 unspecified atom stereocenters. The summed E-state index contributed by atoms with van der Waals surface area (Å²) in [6.45, 7) is 1.94. The van der Waals surface area contributed by atoms with E-state index in [2.05, 4.69) is 20.9 Å². The van der Waals surface area contributed by atoms with Gasteiger partial charge in [0.15, 0.2) is 0 Å². The maximum Gasteiger partial charge on any atom is 0.219 e. The Bertz CT molecular complexity index is 558. The second-order valence-electron chi connectivity index (χ2n) is 4.36. The van der Waals surface area contributed by atoms with E-state index in [-0.39, 0.29) is 11.9 Å². The SMILES string of the molecule is CC(N)Cc1ccc(Oc2cc(F)ccc2Br)nc1. The molecule has 5 heteroatoms. The van der Waals surface area contributed by atoms with E-state index in [0.29, 0.717) is 16.1 Å². The van der Waals surface area contributed by atoms with Gasteiger partial charge < -0.3 is 10.5 Å². The topological polar surface area (TPSA) is 48.1 Å². The number of hydrogen-bond donors (Lipinski definition) is 1. The number of aromatic nitrogens is 1. The molecule has 2 rings (SSSR count). The highest BCUT2D eigenvalue weighted by molar-refractivity contribution is 9.10. The summed E-state index contributed by atoms with van der Waals surface area (Å²) < 4.78 is 19.3. The van der Waals surface area contributed by atoms with Crippen molar-refractivity contribution in [1.82, 2.24) is 4.98 Å². The molecule has 1 aromatic heterocycles. The Morgan fingerprint density at radius 2 is 2.16 bits per heavy atom. The van der Waals surface area contributed by atoms with Crippen molar-refractivity contribution in [2.45, 2.75) is 19.4 Å². The summed E-state index contributed by atoms with van der Waals surface area (Å²) in [7, 11) is 0. The number of hydrogen-bond acceptors (Lipinski definition) is 3. The predicted molar refractivity (Wildman–Crippen MR) is 75.8 cm³/mol. The van der Waals surface area contributed by atoms with Crippen LogP contribution in [0.3, 0.4) is 0 Å². The van der Waals surface area contributed by atoms with E-state index in [1.54, 1.807) is 18.3 Å². The van der Waals surface area contributed by atoms with Crippen molar-refractivity contribution >= 4 is 15.9 Å². The number of halogens is 2. The Morgan fingerprint density at radius 3 is 2.79 bits per heavy atom. The van der Waals surface area contributed by atoms with Gasteiger partial charge in [-0.2, -0.15) is 0 Å². The summed E-state index contributed by atoms with van der Waals surface area (Å²) in [6, 6.07) is 7.99. The molecule has 0 saturated carbocycles. The second kappa shape index (κ2) is 6.12. The standard InChI is InChI=1S/C14H14BrFN2O/c1-9(17)6-10-2-5-14(18-8-10)19-13-7-11(16)3-4-12(13)15/h2-5,7-9H,6,17H2,1H3. The molecule has 0 bridgehead atoms. The maximum atomic E-state index is 13.1. The Balaban J connectivity index is 2.13. The van der Waals surface area contributed by atoms with Gasteiger partial charge in [-0.3, -0.25) is 0 Å². The number of nitrogens with zero attached hydrogens (tertiary/aromatic N) is 1. The molecule has 0 saturated heterocycles. The van der Waals surface area contributed by atoms with Crippen LogP contribution in [0.4, 0.5) is 4.39 Å². The molecule has 19 heavy (non-hydrogen) atoms. The van der Waals surface area contributed by atoms with Gasteiger partial charge in [-0.25, -0.2) is 9.37 Å². The van der Waals surface area contributed by atoms with Crippen molar-refractivity contribution in [3.8, 4) is 11.6 Å². The van der Waals surface area contributed by atoms with Gasteiger partial charge in [0.1, 0.15) is 11.6 Å². The lowest BCUT2D eigenvalue weighted by Gasteiger charge is -2.08. The average Bonchev–Trinajstić information content (AvgIpc) is 2.35. The summed E-state index contributed by atoms with van der Waals surface area (Å²) in [6.07, 6.45) is 2.48. The van der Waals surface area contributed by atoms with Gasteiger partial charge in [-0.1, -0.05) is 6.07 Å². The minimum atomic E-state index is -0.355. The highest BCUT2D eigenvalue weighted by Crippen LogP contribution is 2.29. The number of nitrogens with two attached hydrogens (primary N) is 1. The van der Waals surface area contributed by atoms with Gasteiger partial charge >= 0.3 is 0 Å². The van der Waals surface area contributed by atoms with Crippen LogP contribution in [0.15, 0.2) is 41.0 Å². The van der Waals surface area contributed by atoms with Crippen molar-refractivity contribution in [2.24, 2.45) is 5.73 Å². The Labute approximate surface area is 119 Å². The molecule has 0 spiro atoms. The monoisotopic (exact) mass is 324 g/mol. The summed E-state index contributed by atoms with van der Waals surface area (Å²) in [5.74, 6) is 0.457. The molecular formula is C14H14BrFN2O. The Kier molecular flexibility index (Phi) is 4.50. The van der Waals surface area contributed by atoms with Crippen LogP contribution in [0.2, 0.25) is 0 Å². The maximum absolute atomic E-state index is 13.1. The fourth-order valence-corrected chi connectivity index (χ4v) is 1.96. The van der Waals surface area contributed by atoms with Crippen LogP contribution in [0.5, 0.6) is 11.6 Å². The first-order valence-corrected chi connectivity index (χ1v) is 6.67. The molecule has 0 aliphatic carbocycles. The Hall–Kier alpha value is -1.46. The quantitative estimate of drug-likeness (QED) is 0.933. The zero-order valence-corrected chi connectivity index (χ0v) is 12.0. The van der Waals surface area contributed by atoms with Gasteiger partial charge in [0.25, 0.3) is 0 Å². The first kappa shape index (κ1) is 14.0. The van der Waals surface area contributed by atoms with E-state index in [4.69, 9.17) is 10.5 Å². The van der Waals surface area contributed by atoms with Gasteiger partial charge in [0, 0.05) is 24.4 Å². The molecule has 2 aromatic rings. The molecule has 0 radical (unpaired) electrons. The third kappa shape index (κ3) is 4.01. The van der Waals surface area contributed by atoms with Crippen LogP contribution in [-0.2, 0) is 6.42 Å². The highest BCUT2D eigenvalue weighted by atomic mass is 79.9. The number of benzene rings is 1. The minimum Gasteiger partial charge on any atom is -0.438 e. The van der Waals surface area contributed by atoms with Gasteiger partial charge in [-0.15, -0.1) is 0 Å². The van der Waals surface area contributed by atoms with Crippen LogP contribution < -0.4 is 10.5 Å². The zero-order chi connectivity index (χ0) is 13.8. The normalized spacial score (nSPS) is 12.2. The van der Waals surface area contributed by atoms with Crippen molar-refractivity contribution in [2.75, 3.05) is 0 Å². The van der Waals surface area contributed by atoms with Crippen LogP contribution in [-0.4, -0.2) is 11.0 Å². The van der Waals surface area contributed by atoms with Crippen molar-refractivity contribution < 1.29 is 9.13 Å². The highest BCUT2D eigenvalue weighted by Gasteiger charge is 2.06. The van der Waals surface area contributed by atoms with Crippen molar-refractivity contribution in [1.29, 1.82) is 0 Å². The van der Waals surface area contributed by atoms with E-state index in [0.717, 1.165) is 12.0 Å². The third-order valence-corrected chi connectivity index (χ3v) is 3.12. The van der Waals surface area contributed by atoms with E-state index in [9.17, 15) is 4.39 Å². The molecule has 2 N–H and O–H groups in total. The number of ether oxygens (including phenoxy) is 1. The lowest BCUT2D eigenvalue weighted by molar-refractivity contribution is 0.454. The van der Waals surface area contributed by atoms with Crippen LogP contribution in [0.1, 0.15) is 12.5 Å². The smallest absolute Gasteiger partial charge is 0.219 e. The summed E-state index contributed by atoms with van der Waals surface area (Å²) in [5, 5.41) is 0. The van der Waals surface area contributed by atoms with E-state index in [1.807, 2.05) is 13.0 Å². The Morgan fingerprint density at radius 1 is 1.37 bits per heavy atom. The summed E-state index contributed by atoms with van der Waals surface area (Å²) in [5.41, 5.74) is 6.76. The number of pyridine rings is 1. The molecule has 0 amide bonds. The van der Waals surface area contributed by atoms with E-state index in [1.165, 1.54) is 12.1 Å². The van der Waals surface area contributed by atoms with Gasteiger partial charge in [0.2, 0.25) is 5.88 Å². The second-order valence-corrected chi connectivity index (χ2v) is 5.22. The minimum absolute atomic E-state index is 0.0888. The number of rotatable bonds is 4. The van der Waals surface area contributed by atoms with Gasteiger partial charge in [-0.05, 0) is 47.0 Å².